The standard InChI is InChI=1S/C13H18N4O/c1-10-8-12-13(18)16(6-7-17(12)15-10)9-11-2-4-14-5-3-11/h6-8,11,14H,2-5,9H2,1H3. The molecule has 0 spiro atoms. The summed E-state index contributed by atoms with van der Waals surface area (Å²) in [5.41, 5.74) is 1.62. The molecule has 0 saturated carbocycles. The lowest BCUT2D eigenvalue weighted by Crippen LogP contribution is -2.32. The third-order valence-electron chi connectivity index (χ3n) is 3.64. The van der Waals surface area contributed by atoms with Crippen LogP contribution in [0.5, 0.6) is 0 Å². The highest BCUT2D eigenvalue weighted by Gasteiger charge is 2.15. The molecule has 1 saturated heterocycles. The highest BCUT2D eigenvalue weighted by molar-refractivity contribution is 5.44. The van der Waals surface area contributed by atoms with Gasteiger partial charge >= 0.3 is 0 Å². The van der Waals surface area contributed by atoms with Gasteiger partial charge in [-0.3, -0.25) is 4.79 Å². The van der Waals surface area contributed by atoms with E-state index >= 15 is 0 Å². The molecule has 0 atom stereocenters. The molecule has 0 amide bonds. The van der Waals surface area contributed by atoms with Crippen molar-refractivity contribution in [2.45, 2.75) is 26.3 Å². The smallest absolute Gasteiger partial charge is 0.276 e. The molecular weight excluding hydrogens is 228 g/mol. The molecule has 2 aromatic heterocycles. The first-order valence-electron chi connectivity index (χ1n) is 6.50. The van der Waals surface area contributed by atoms with E-state index in [2.05, 4.69) is 10.4 Å². The SMILES string of the molecule is Cc1cc2c(=O)n(CC3CCNCC3)ccn2n1. The summed E-state index contributed by atoms with van der Waals surface area (Å²) in [4.78, 5) is 12.3. The van der Waals surface area contributed by atoms with E-state index in [0.29, 0.717) is 11.4 Å². The van der Waals surface area contributed by atoms with Gasteiger partial charge in [-0.25, -0.2) is 4.52 Å². The summed E-state index contributed by atoms with van der Waals surface area (Å²) in [5, 5.41) is 7.60. The zero-order valence-electron chi connectivity index (χ0n) is 10.6. The zero-order valence-corrected chi connectivity index (χ0v) is 10.6. The van der Waals surface area contributed by atoms with Gasteiger partial charge in [0.05, 0.1) is 5.69 Å². The summed E-state index contributed by atoms with van der Waals surface area (Å²) in [5.74, 6) is 0.607. The first-order valence-corrected chi connectivity index (χ1v) is 6.50. The largest absolute Gasteiger partial charge is 0.317 e. The summed E-state index contributed by atoms with van der Waals surface area (Å²) >= 11 is 0. The maximum atomic E-state index is 12.3. The molecule has 3 rings (SSSR count). The van der Waals surface area contributed by atoms with Gasteiger partial charge in [-0.15, -0.1) is 0 Å². The number of aromatic nitrogens is 3. The van der Waals surface area contributed by atoms with E-state index in [1.165, 1.54) is 0 Å². The molecule has 0 aliphatic carbocycles. The molecule has 1 N–H and O–H groups in total. The Bertz CT molecular complexity index is 607. The summed E-state index contributed by atoms with van der Waals surface area (Å²) in [6.45, 7) is 4.85. The van der Waals surface area contributed by atoms with Gasteiger partial charge < -0.3 is 9.88 Å². The van der Waals surface area contributed by atoms with Crippen molar-refractivity contribution in [1.82, 2.24) is 19.5 Å². The fraction of sp³-hybridized carbons (Fsp3) is 0.538. The van der Waals surface area contributed by atoms with E-state index in [4.69, 9.17) is 0 Å². The van der Waals surface area contributed by atoms with Crippen LogP contribution in [0.2, 0.25) is 0 Å². The van der Waals surface area contributed by atoms with E-state index in [9.17, 15) is 4.79 Å². The highest BCUT2D eigenvalue weighted by Crippen LogP contribution is 2.13. The van der Waals surface area contributed by atoms with Crippen molar-refractivity contribution in [2.75, 3.05) is 13.1 Å². The Morgan fingerprint density at radius 3 is 2.94 bits per heavy atom. The number of nitrogens with one attached hydrogen (secondary N) is 1. The van der Waals surface area contributed by atoms with Gasteiger partial charge in [0, 0.05) is 18.9 Å². The number of fused-ring (bicyclic) bond motifs is 1. The van der Waals surface area contributed by atoms with Crippen molar-refractivity contribution in [3.63, 3.8) is 0 Å². The molecule has 5 heteroatoms. The quantitative estimate of drug-likeness (QED) is 0.853. The van der Waals surface area contributed by atoms with Crippen LogP contribution in [-0.2, 0) is 6.54 Å². The van der Waals surface area contributed by atoms with Crippen LogP contribution in [0.25, 0.3) is 5.52 Å². The molecular formula is C13H18N4O. The van der Waals surface area contributed by atoms with Crippen LogP contribution in [0.1, 0.15) is 18.5 Å². The molecule has 18 heavy (non-hydrogen) atoms. The monoisotopic (exact) mass is 246 g/mol. The Morgan fingerprint density at radius 1 is 1.39 bits per heavy atom. The van der Waals surface area contributed by atoms with Crippen LogP contribution in [0.3, 0.4) is 0 Å². The molecule has 1 aliphatic rings. The van der Waals surface area contributed by atoms with Gasteiger partial charge in [-0.05, 0) is 44.8 Å². The average molecular weight is 246 g/mol. The van der Waals surface area contributed by atoms with E-state index in [1.807, 2.05) is 30.0 Å². The molecule has 5 nitrogen and oxygen atoms in total. The molecule has 3 heterocycles. The number of hydrogen-bond donors (Lipinski definition) is 1. The predicted octanol–water partition coefficient (Wildman–Crippen LogP) is 0.804. The van der Waals surface area contributed by atoms with Crippen LogP contribution in [0, 0.1) is 12.8 Å². The van der Waals surface area contributed by atoms with Gasteiger partial charge in [0.15, 0.2) is 0 Å². The molecule has 0 radical (unpaired) electrons. The molecule has 0 unspecified atom stereocenters. The third kappa shape index (κ3) is 2.06. The molecule has 0 bridgehead atoms. The highest BCUT2D eigenvalue weighted by atomic mass is 16.1. The lowest BCUT2D eigenvalue weighted by atomic mass is 9.98. The molecule has 1 aliphatic heterocycles. The number of rotatable bonds is 2. The van der Waals surface area contributed by atoms with Crippen molar-refractivity contribution in [3.8, 4) is 0 Å². The van der Waals surface area contributed by atoms with Crippen LogP contribution in [-0.4, -0.2) is 27.3 Å². The van der Waals surface area contributed by atoms with Crippen molar-refractivity contribution in [2.24, 2.45) is 5.92 Å². The Morgan fingerprint density at radius 2 is 2.17 bits per heavy atom. The number of piperidine rings is 1. The van der Waals surface area contributed by atoms with Crippen LogP contribution in [0.4, 0.5) is 0 Å². The molecule has 2 aromatic rings. The second kappa shape index (κ2) is 4.57. The number of nitrogens with zero attached hydrogens (tertiary/aromatic N) is 3. The van der Waals surface area contributed by atoms with Crippen molar-refractivity contribution in [3.05, 3.63) is 34.5 Å². The summed E-state index contributed by atoms with van der Waals surface area (Å²) in [7, 11) is 0. The minimum atomic E-state index is 0.0663. The second-order valence-corrected chi connectivity index (χ2v) is 5.06. The van der Waals surface area contributed by atoms with E-state index in [0.717, 1.165) is 38.2 Å². The fourth-order valence-corrected chi connectivity index (χ4v) is 2.63. The van der Waals surface area contributed by atoms with Gasteiger partial charge in [0.2, 0.25) is 0 Å². The summed E-state index contributed by atoms with van der Waals surface area (Å²) in [6.07, 6.45) is 6.01. The van der Waals surface area contributed by atoms with Gasteiger partial charge in [-0.1, -0.05) is 0 Å². The average Bonchev–Trinajstić information content (AvgIpc) is 2.76. The lowest BCUT2D eigenvalue weighted by Gasteiger charge is -2.23. The van der Waals surface area contributed by atoms with Gasteiger partial charge in [0.1, 0.15) is 5.52 Å². The van der Waals surface area contributed by atoms with Crippen molar-refractivity contribution < 1.29 is 0 Å². The molecule has 96 valence electrons. The summed E-state index contributed by atoms with van der Waals surface area (Å²) in [6, 6.07) is 1.85. The Labute approximate surface area is 105 Å². The Hall–Kier alpha value is -1.62. The zero-order chi connectivity index (χ0) is 12.5. The molecule has 1 fully saturated rings. The van der Waals surface area contributed by atoms with Crippen molar-refractivity contribution in [1.29, 1.82) is 0 Å². The fourth-order valence-electron chi connectivity index (χ4n) is 2.63. The lowest BCUT2D eigenvalue weighted by molar-refractivity contribution is 0.330. The summed E-state index contributed by atoms with van der Waals surface area (Å²) < 4.78 is 3.49. The van der Waals surface area contributed by atoms with E-state index in [1.54, 1.807) is 4.52 Å². The minimum absolute atomic E-state index is 0.0663. The second-order valence-electron chi connectivity index (χ2n) is 5.06. The molecule has 0 aromatic carbocycles. The van der Waals surface area contributed by atoms with Crippen LogP contribution in [0.15, 0.2) is 23.3 Å². The Kier molecular flexibility index (Phi) is 2.91. The number of aryl methyl sites for hydroxylation is 1. The minimum Gasteiger partial charge on any atom is -0.317 e. The predicted molar refractivity (Wildman–Crippen MR) is 69.8 cm³/mol. The maximum Gasteiger partial charge on any atom is 0.276 e. The topological polar surface area (TPSA) is 51.3 Å². The van der Waals surface area contributed by atoms with Crippen molar-refractivity contribution >= 4 is 5.52 Å². The first kappa shape index (κ1) is 11.5. The number of hydrogen-bond acceptors (Lipinski definition) is 3. The maximum absolute atomic E-state index is 12.3. The van der Waals surface area contributed by atoms with Gasteiger partial charge in [-0.2, -0.15) is 5.10 Å². The third-order valence-corrected chi connectivity index (χ3v) is 3.64. The van der Waals surface area contributed by atoms with Gasteiger partial charge in [0.25, 0.3) is 5.56 Å². The van der Waals surface area contributed by atoms with E-state index < -0.39 is 0 Å². The van der Waals surface area contributed by atoms with Crippen LogP contribution >= 0.6 is 0 Å². The van der Waals surface area contributed by atoms with Crippen LogP contribution < -0.4 is 10.9 Å². The normalized spacial score (nSPS) is 17.4. The van der Waals surface area contributed by atoms with E-state index in [-0.39, 0.29) is 5.56 Å². The first-order chi connectivity index (χ1) is 8.74. The Balaban J connectivity index is 1.91.